The molecule has 64 valence electrons. The Labute approximate surface area is 70.3 Å². The lowest BCUT2D eigenvalue weighted by atomic mass is 10.1. The van der Waals surface area contributed by atoms with Gasteiger partial charge in [-0.05, 0) is 19.4 Å². The lowest BCUT2D eigenvalue weighted by molar-refractivity contribution is -0.855. The van der Waals surface area contributed by atoms with Crippen molar-refractivity contribution in [3.05, 3.63) is 12.3 Å². The molecule has 1 atom stereocenters. The van der Waals surface area contributed by atoms with Crippen molar-refractivity contribution < 1.29 is 4.48 Å². The summed E-state index contributed by atoms with van der Waals surface area (Å²) in [4.78, 5) is 0. The van der Waals surface area contributed by atoms with E-state index in [1.165, 1.54) is 31.5 Å². The van der Waals surface area contributed by atoms with Crippen LogP contribution in [0.3, 0.4) is 0 Å². The standard InChI is InChI=1S/C10H20N/c1-9-6-5-7-10(2)11(3,4)8-9/h9H,2,5-8H2,1,3-4H3/q+1. The fourth-order valence-corrected chi connectivity index (χ4v) is 1.96. The quantitative estimate of drug-likeness (QED) is 0.470. The van der Waals surface area contributed by atoms with Crippen LogP contribution in [0.5, 0.6) is 0 Å². The lowest BCUT2D eigenvalue weighted by Gasteiger charge is -2.30. The fraction of sp³-hybridized carbons (Fsp3) is 0.800. The maximum Gasteiger partial charge on any atom is 0.101 e. The molecule has 0 aromatic rings. The molecule has 0 saturated carbocycles. The number of hydrogen-bond donors (Lipinski definition) is 0. The van der Waals surface area contributed by atoms with Crippen molar-refractivity contribution in [1.82, 2.24) is 0 Å². The van der Waals surface area contributed by atoms with E-state index in [9.17, 15) is 0 Å². The van der Waals surface area contributed by atoms with Gasteiger partial charge in [0.2, 0.25) is 0 Å². The zero-order valence-electron chi connectivity index (χ0n) is 8.06. The molecule has 1 rings (SSSR count). The van der Waals surface area contributed by atoms with Gasteiger partial charge in [0.1, 0.15) is 5.70 Å². The first-order valence-corrected chi connectivity index (χ1v) is 4.54. The zero-order valence-corrected chi connectivity index (χ0v) is 8.06. The van der Waals surface area contributed by atoms with Crippen LogP contribution in [0, 0.1) is 5.92 Å². The average molecular weight is 154 g/mol. The predicted octanol–water partition coefficient (Wildman–Crippen LogP) is 2.40. The summed E-state index contributed by atoms with van der Waals surface area (Å²) in [5.41, 5.74) is 1.40. The van der Waals surface area contributed by atoms with Crippen LogP contribution in [0.4, 0.5) is 0 Å². The molecule has 1 fully saturated rings. The Morgan fingerprint density at radius 3 is 2.73 bits per heavy atom. The summed E-state index contributed by atoms with van der Waals surface area (Å²) in [6, 6.07) is 0. The van der Waals surface area contributed by atoms with Crippen molar-refractivity contribution in [1.29, 1.82) is 0 Å². The summed E-state index contributed by atoms with van der Waals surface area (Å²) in [5, 5.41) is 0. The van der Waals surface area contributed by atoms with Crippen molar-refractivity contribution in [2.75, 3.05) is 20.6 Å². The van der Waals surface area contributed by atoms with Crippen LogP contribution in [0.2, 0.25) is 0 Å². The van der Waals surface area contributed by atoms with Gasteiger partial charge < -0.3 is 0 Å². The maximum atomic E-state index is 4.13. The summed E-state index contributed by atoms with van der Waals surface area (Å²) in [6.07, 6.45) is 3.93. The molecular weight excluding hydrogens is 134 g/mol. The molecule has 0 radical (unpaired) electrons. The lowest BCUT2D eigenvalue weighted by Crippen LogP contribution is -2.40. The third-order valence-corrected chi connectivity index (χ3v) is 2.79. The molecular formula is C10H20N+. The first-order chi connectivity index (χ1) is 5.02. The number of rotatable bonds is 0. The largest absolute Gasteiger partial charge is 0.300 e. The zero-order chi connectivity index (χ0) is 8.48. The van der Waals surface area contributed by atoms with Crippen molar-refractivity contribution in [3.8, 4) is 0 Å². The molecule has 0 bridgehead atoms. The Balaban J connectivity index is 2.68. The van der Waals surface area contributed by atoms with Crippen LogP contribution in [-0.4, -0.2) is 25.1 Å². The summed E-state index contributed by atoms with van der Waals surface area (Å²) in [7, 11) is 4.54. The first-order valence-electron chi connectivity index (χ1n) is 4.54. The Hall–Kier alpha value is -0.300. The highest BCUT2D eigenvalue weighted by atomic mass is 15.3. The molecule has 1 aliphatic heterocycles. The number of nitrogens with zero attached hydrogens (tertiary/aromatic N) is 1. The van der Waals surface area contributed by atoms with E-state index in [-0.39, 0.29) is 0 Å². The highest BCUT2D eigenvalue weighted by Crippen LogP contribution is 2.25. The van der Waals surface area contributed by atoms with Gasteiger partial charge in [-0.3, -0.25) is 4.48 Å². The Bertz CT molecular complexity index is 158. The first kappa shape index (κ1) is 8.79. The van der Waals surface area contributed by atoms with E-state index < -0.39 is 0 Å². The van der Waals surface area contributed by atoms with Gasteiger partial charge in [-0.1, -0.05) is 6.92 Å². The summed E-state index contributed by atoms with van der Waals surface area (Å²) >= 11 is 0. The van der Waals surface area contributed by atoms with Crippen LogP contribution in [-0.2, 0) is 0 Å². The molecule has 1 saturated heterocycles. The third-order valence-electron chi connectivity index (χ3n) is 2.79. The second kappa shape index (κ2) is 2.98. The van der Waals surface area contributed by atoms with Gasteiger partial charge in [-0.2, -0.15) is 0 Å². The molecule has 0 aromatic heterocycles. The number of hydrogen-bond acceptors (Lipinski definition) is 0. The molecule has 0 aliphatic carbocycles. The molecule has 1 heterocycles. The predicted molar refractivity (Wildman–Crippen MR) is 49.1 cm³/mol. The SMILES string of the molecule is C=C1CCCC(C)C[N+]1(C)C. The maximum absolute atomic E-state index is 4.13. The minimum Gasteiger partial charge on any atom is -0.300 e. The van der Waals surface area contributed by atoms with Crippen molar-refractivity contribution in [2.45, 2.75) is 26.2 Å². The Morgan fingerprint density at radius 2 is 2.09 bits per heavy atom. The van der Waals surface area contributed by atoms with E-state index in [1.54, 1.807) is 0 Å². The molecule has 1 aliphatic rings. The van der Waals surface area contributed by atoms with Crippen LogP contribution < -0.4 is 0 Å². The van der Waals surface area contributed by atoms with Crippen LogP contribution >= 0.6 is 0 Å². The second-order valence-electron chi connectivity index (χ2n) is 4.43. The molecule has 1 unspecified atom stereocenters. The number of quaternary nitrogens is 1. The topological polar surface area (TPSA) is 0 Å². The van der Waals surface area contributed by atoms with E-state index >= 15 is 0 Å². The van der Waals surface area contributed by atoms with Crippen molar-refractivity contribution >= 4 is 0 Å². The van der Waals surface area contributed by atoms with E-state index in [2.05, 4.69) is 27.6 Å². The Kier molecular flexibility index (Phi) is 2.38. The van der Waals surface area contributed by atoms with Gasteiger partial charge in [-0.25, -0.2) is 0 Å². The van der Waals surface area contributed by atoms with Gasteiger partial charge in [0.05, 0.1) is 20.6 Å². The van der Waals surface area contributed by atoms with E-state index in [0.717, 1.165) is 10.4 Å². The normalized spacial score (nSPS) is 31.5. The molecule has 0 amide bonds. The average Bonchev–Trinajstić information content (AvgIpc) is 1.93. The third kappa shape index (κ3) is 2.06. The number of allylic oxidation sites excluding steroid dienone is 1. The Morgan fingerprint density at radius 1 is 1.45 bits per heavy atom. The highest BCUT2D eigenvalue weighted by molar-refractivity contribution is 4.85. The minimum atomic E-state index is 0.865. The van der Waals surface area contributed by atoms with Gasteiger partial charge in [-0.15, -0.1) is 0 Å². The monoisotopic (exact) mass is 154 g/mol. The van der Waals surface area contributed by atoms with Crippen molar-refractivity contribution in [2.24, 2.45) is 5.92 Å². The van der Waals surface area contributed by atoms with Crippen LogP contribution in [0.25, 0.3) is 0 Å². The summed E-state index contributed by atoms with van der Waals surface area (Å²) in [6.45, 7) is 7.74. The van der Waals surface area contributed by atoms with Crippen LogP contribution in [0.15, 0.2) is 12.3 Å². The molecule has 0 aromatic carbocycles. The van der Waals surface area contributed by atoms with Gasteiger partial charge in [0.15, 0.2) is 0 Å². The second-order valence-corrected chi connectivity index (χ2v) is 4.43. The van der Waals surface area contributed by atoms with Gasteiger partial charge in [0.25, 0.3) is 0 Å². The highest BCUT2D eigenvalue weighted by Gasteiger charge is 2.26. The smallest absolute Gasteiger partial charge is 0.101 e. The number of likely N-dealkylation sites (tertiary alicyclic amines) is 1. The fourth-order valence-electron chi connectivity index (χ4n) is 1.96. The molecule has 0 N–H and O–H groups in total. The molecule has 1 heteroatoms. The molecule has 1 nitrogen and oxygen atoms in total. The van der Waals surface area contributed by atoms with Crippen molar-refractivity contribution in [3.63, 3.8) is 0 Å². The van der Waals surface area contributed by atoms with E-state index in [4.69, 9.17) is 0 Å². The van der Waals surface area contributed by atoms with Gasteiger partial charge >= 0.3 is 0 Å². The van der Waals surface area contributed by atoms with Gasteiger partial charge in [0, 0.05) is 12.3 Å². The molecule has 11 heavy (non-hydrogen) atoms. The summed E-state index contributed by atoms with van der Waals surface area (Å²) < 4.78 is 1.03. The van der Waals surface area contributed by atoms with E-state index in [0.29, 0.717) is 0 Å². The minimum absolute atomic E-state index is 0.865. The summed E-state index contributed by atoms with van der Waals surface area (Å²) in [5.74, 6) is 0.865. The van der Waals surface area contributed by atoms with Crippen LogP contribution in [0.1, 0.15) is 26.2 Å². The molecule has 0 spiro atoms. The van der Waals surface area contributed by atoms with E-state index in [1.807, 2.05) is 0 Å².